The summed E-state index contributed by atoms with van der Waals surface area (Å²) in [6.45, 7) is 2.59. The van der Waals surface area contributed by atoms with Gasteiger partial charge in [-0.2, -0.15) is 9.65 Å². The van der Waals surface area contributed by atoms with Crippen LogP contribution in [0.5, 0.6) is 0 Å². The number of fused-ring (bicyclic) bond motifs is 5. The maximum atomic E-state index is 13.5. The van der Waals surface area contributed by atoms with Gasteiger partial charge < -0.3 is 16.0 Å². The Morgan fingerprint density at radius 1 is 1.33 bits per heavy atom. The number of aromatic nitrogens is 2. The van der Waals surface area contributed by atoms with Crippen molar-refractivity contribution in [3.05, 3.63) is 52.9 Å². The van der Waals surface area contributed by atoms with Crippen molar-refractivity contribution >= 4 is 55.4 Å². The van der Waals surface area contributed by atoms with Crippen LogP contribution in [0.15, 0.2) is 36.5 Å². The summed E-state index contributed by atoms with van der Waals surface area (Å²) in [4.78, 5) is 21.3. The van der Waals surface area contributed by atoms with E-state index in [0.717, 1.165) is 32.7 Å². The van der Waals surface area contributed by atoms with Crippen molar-refractivity contribution in [3.63, 3.8) is 0 Å². The number of carbonyl (C=O) groups is 1. The Bertz CT molecular complexity index is 1380. The molecule has 0 unspecified atom stereocenters. The topological polar surface area (TPSA) is 103 Å². The molecule has 7 nitrogen and oxygen atoms in total. The molecule has 5 rings (SSSR count). The highest BCUT2D eigenvalue weighted by Crippen LogP contribution is 2.41. The van der Waals surface area contributed by atoms with Gasteiger partial charge in [-0.25, -0.2) is 9.97 Å². The second-order valence-corrected chi connectivity index (χ2v) is 8.11. The summed E-state index contributed by atoms with van der Waals surface area (Å²) >= 11 is 1.45. The second-order valence-electron chi connectivity index (χ2n) is 7.05. The van der Waals surface area contributed by atoms with Crippen LogP contribution in [0.3, 0.4) is 0 Å². The standard InChI is InChI=1S/C21H15FN6OS/c1-10-8-25-19-18-12-2-5-17(28-14-6-16(22)24-9-11(14)7-23)27-13(12)3-4-15(18)30-20(19)21(29)26-10/h2-6,9-10,25H,8H2,1H3,(H,26,29)(H,24,27,28)/t10-/m1/s1. The summed E-state index contributed by atoms with van der Waals surface area (Å²) in [5.74, 6) is -0.282. The smallest absolute Gasteiger partial charge is 0.263 e. The maximum absolute atomic E-state index is 13.5. The highest BCUT2D eigenvalue weighted by molar-refractivity contribution is 7.21. The lowest BCUT2D eigenvalue weighted by Gasteiger charge is -2.11. The number of carbonyl (C=O) groups excluding carboxylic acids is 1. The Hall–Kier alpha value is -3.77. The van der Waals surface area contributed by atoms with Gasteiger partial charge in [0.25, 0.3) is 5.91 Å². The first-order chi connectivity index (χ1) is 14.5. The average Bonchev–Trinajstić information content (AvgIpc) is 3.05. The summed E-state index contributed by atoms with van der Waals surface area (Å²) in [7, 11) is 0. The van der Waals surface area contributed by atoms with Gasteiger partial charge in [0.15, 0.2) is 0 Å². The van der Waals surface area contributed by atoms with E-state index in [2.05, 4.69) is 25.9 Å². The van der Waals surface area contributed by atoms with E-state index in [0.29, 0.717) is 22.9 Å². The minimum atomic E-state index is -0.682. The van der Waals surface area contributed by atoms with Crippen molar-refractivity contribution in [2.24, 2.45) is 0 Å². The van der Waals surface area contributed by atoms with E-state index in [9.17, 15) is 14.4 Å². The van der Waals surface area contributed by atoms with Crippen molar-refractivity contribution in [2.45, 2.75) is 13.0 Å². The van der Waals surface area contributed by atoms with Crippen LogP contribution in [0.4, 0.5) is 21.6 Å². The number of halogens is 1. The van der Waals surface area contributed by atoms with Gasteiger partial charge >= 0.3 is 0 Å². The monoisotopic (exact) mass is 418 g/mol. The normalized spacial score (nSPS) is 15.8. The van der Waals surface area contributed by atoms with Crippen molar-refractivity contribution in [3.8, 4) is 6.07 Å². The number of thiophene rings is 1. The molecule has 1 atom stereocenters. The SMILES string of the molecule is C[C@@H]1CNc2c(sc3ccc4nc(Nc5cc(F)ncc5C#N)ccc4c23)C(=O)N1. The first-order valence-electron chi connectivity index (χ1n) is 9.27. The van der Waals surface area contributed by atoms with Gasteiger partial charge in [-0.15, -0.1) is 11.3 Å². The Morgan fingerprint density at radius 3 is 3.03 bits per heavy atom. The van der Waals surface area contributed by atoms with Crippen LogP contribution in [0.2, 0.25) is 0 Å². The number of nitrogens with one attached hydrogen (secondary N) is 3. The summed E-state index contributed by atoms with van der Waals surface area (Å²) in [6, 6.07) is 10.7. The zero-order valence-electron chi connectivity index (χ0n) is 15.8. The van der Waals surface area contributed by atoms with E-state index in [4.69, 9.17) is 0 Å². The number of hydrogen-bond donors (Lipinski definition) is 3. The lowest BCUT2D eigenvalue weighted by Crippen LogP contribution is -2.34. The number of pyridine rings is 2. The van der Waals surface area contributed by atoms with Gasteiger partial charge in [0.1, 0.15) is 16.8 Å². The van der Waals surface area contributed by atoms with E-state index in [1.807, 2.05) is 31.2 Å². The molecular weight excluding hydrogens is 403 g/mol. The molecule has 1 aliphatic heterocycles. The van der Waals surface area contributed by atoms with Crippen LogP contribution in [0.1, 0.15) is 22.2 Å². The molecule has 148 valence electrons. The third-order valence-corrected chi connectivity index (χ3v) is 6.10. The van der Waals surface area contributed by atoms with Gasteiger partial charge in [0, 0.05) is 34.1 Å². The third-order valence-electron chi connectivity index (χ3n) is 4.94. The molecule has 1 aromatic carbocycles. The van der Waals surface area contributed by atoms with Crippen LogP contribution in [-0.4, -0.2) is 28.5 Å². The fourth-order valence-corrected chi connectivity index (χ4v) is 4.65. The quantitative estimate of drug-likeness (QED) is 0.423. The van der Waals surface area contributed by atoms with Crippen LogP contribution >= 0.6 is 11.3 Å². The molecule has 0 fully saturated rings. The summed E-state index contributed by atoms with van der Waals surface area (Å²) in [5.41, 5.74) is 2.07. The molecule has 9 heteroatoms. The number of anilines is 3. The number of hydrogen-bond acceptors (Lipinski definition) is 7. The minimum absolute atomic E-state index is 0.0335. The molecule has 3 aromatic heterocycles. The number of nitriles is 1. The number of rotatable bonds is 2. The first kappa shape index (κ1) is 18.3. The molecule has 0 aliphatic carbocycles. The fourth-order valence-electron chi connectivity index (χ4n) is 3.56. The van der Waals surface area contributed by atoms with Crippen molar-refractivity contribution in [1.82, 2.24) is 15.3 Å². The molecule has 30 heavy (non-hydrogen) atoms. The molecule has 0 spiro atoms. The predicted octanol–water partition coefficient (Wildman–Crippen LogP) is 4.14. The zero-order chi connectivity index (χ0) is 20.8. The van der Waals surface area contributed by atoms with Gasteiger partial charge in [0.05, 0.1) is 28.7 Å². The third kappa shape index (κ3) is 2.98. The van der Waals surface area contributed by atoms with Crippen molar-refractivity contribution < 1.29 is 9.18 Å². The minimum Gasteiger partial charge on any atom is -0.381 e. The number of amides is 1. The van der Waals surface area contributed by atoms with E-state index in [-0.39, 0.29) is 17.5 Å². The lowest BCUT2D eigenvalue weighted by atomic mass is 10.1. The molecule has 0 radical (unpaired) electrons. The molecular formula is C21H15FN6OS. The fraction of sp³-hybridized carbons (Fsp3) is 0.143. The Morgan fingerprint density at radius 2 is 2.20 bits per heavy atom. The van der Waals surface area contributed by atoms with E-state index in [1.54, 1.807) is 6.07 Å². The zero-order valence-corrected chi connectivity index (χ0v) is 16.6. The Balaban J connectivity index is 1.62. The van der Waals surface area contributed by atoms with E-state index >= 15 is 0 Å². The first-order valence-corrected chi connectivity index (χ1v) is 10.1. The van der Waals surface area contributed by atoms with Gasteiger partial charge in [-0.3, -0.25) is 4.79 Å². The molecule has 4 aromatic rings. The van der Waals surface area contributed by atoms with Crippen molar-refractivity contribution in [2.75, 3.05) is 17.2 Å². The molecule has 3 N–H and O–H groups in total. The van der Waals surface area contributed by atoms with Gasteiger partial charge in [0.2, 0.25) is 5.95 Å². The number of nitrogens with zero attached hydrogens (tertiary/aromatic N) is 3. The highest BCUT2D eigenvalue weighted by Gasteiger charge is 2.24. The Kier molecular flexibility index (Phi) is 4.22. The lowest BCUT2D eigenvalue weighted by molar-refractivity contribution is 0.0949. The largest absolute Gasteiger partial charge is 0.381 e. The molecule has 0 saturated carbocycles. The highest BCUT2D eigenvalue weighted by atomic mass is 32.1. The van der Waals surface area contributed by atoms with E-state index < -0.39 is 5.95 Å². The van der Waals surface area contributed by atoms with Crippen LogP contribution in [0, 0.1) is 17.3 Å². The van der Waals surface area contributed by atoms with Crippen LogP contribution in [0.25, 0.3) is 21.0 Å². The average molecular weight is 418 g/mol. The summed E-state index contributed by atoms with van der Waals surface area (Å²) in [5, 5.41) is 20.5. The second kappa shape index (κ2) is 6.93. The van der Waals surface area contributed by atoms with Gasteiger partial charge in [-0.1, -0.05) is 0 Å². The molecule has 1 aliphatic rings. The van der Waals surface area contributed by atoms with Crippen LogP contribution in [-0.2, 0) is 0 Å². The summed E-state index contributed by atoms with van der Waals surface area (Å²) in [6.07, 6.45) is 1.18. The maximum Gasteiger partial charge on any atom is 0.263 e. The van der Waals surface area contributed by atoms with E-state index in [1.165, 1.54) is 17.5 Å². The molecule has 0 bridgehead atoms. The molecule has 1 amide bonds. The number of benzene rings is 1. The van der Waals surface area contributed by atoms with Gasteiger partial charge in [-0.05, 0) is 31.2 Å². The van der Waals surface area contributed by atoms with Crippen molar-refractivity contribution in [1.29, 1.82) is 5.26 Å². The predicted molar refractivity (Wildman–Crippen MR) is 115 cm³/mol. The Labute approximate surface area is 174 Å². The summed E-state index contributed by atoms with van der Waals surface area (Å²) < 4.78 is 14.5. The van der Waals surface area contributed by atoms with Crippen LogP contribution < -0.4 is 16.0 Å². The molecule has 0 saturated heterocycles. The molecule has 4 heterocycles.